The van der Waals surface area contributed by atoms with Crippen LogP contribution < -0.4 is 11.1 Å². The molecule has 160 valence electrons. The number of amides is 2. The van der Waals surface area contributed by atoms with Crippen LogP contribution in [0.2, 0.25) is 0 Å². The molecule has 7 nitrogen and oxygen atoms in total. The fourth-order valence-electron chi connectivity index (χ4n) is 3.22. The second kappa shape index (κ2) is 9.29. The van der Waals surface area contributed by atoms with Gasteiger partial charge in [-0.3, -0.25) is 19.1 Å². The standard InChI is InChI=1S/C22H20F2N4O3/c1-28-12-16(18(27-28)14-9-5-6-10-15(14)20(23)24)22(31)26-17(19(29)21(25)30)11-13-7-3-2-4-8-13/h2-10,12,17,20H,11H2,1H3,(H2,25,30)(H,26,31). The average Bonchev–Trinajstić information content (AvgIpc) is 3.15. The van der Waals surface area contributed by atoms with E-state index >= 15 is 0 Å². The number of aryl methyl sites for hydroxylation is 1. The van der Waals surface area contributed by atoms with E-state index < -0.39 is 30.1 Å². The van der Waals surface area contributed by atoms with E-state index in [0.29, 0.717) is 5.56 Å². The first-order valence-electron chi connectivity index (χ1n) is 9.37. The lowest BCUT2D eigenvalue weighted by Gasteiger charge is -2.16. The van der Waals surface area contributed by atoms with E-state index in [1.165, 1.54) is 29.1 Å². The zero-order valence-electron chi connectivity index (χ0n) is 16.6. The summed E-state index contributed by atoms with van der Waals surface area (Å²) in [6, 6.07) is 13.3. The van der Waals surface area contributed by atoms with Gasteiger partial charge in [0.25, 0.3) is 18.2 Å². The summed E-state index contributed by atoms with van der Waals surface area (Å²) in [5.74, 6) is -2.88. The molecule has 0 aliphatic rings. The Bertz CT molecular complexity index is 1110. The maximum atomic E-state index is 13.5. The van der Waals surface area contributed by atoms with Crippen LogP contribution >= 0.6 is 0 Å². The van der Waals surface area contributed by atoms with Gasteiger partial charge in [-0.05, 0) is 5.56 Å². The second-order valence-corrected chi connectivity index (χ2v) is 6.90. The van der Waals surface area contributed by atoms with Gasteiger partial charge in [-0.15, -0.1) is 0 Å². The van der Waals surface area contributed by atoms with Gasteiger partial charge in [0.1, 0.15) is 11.7 Å². The van der Waals surface area contributed by atoms with Gasteiger partial charge in [-0.1, -0.05) is 54.6 Å². The highest BCUT2D eigenvalue weighted by Crippen LogP contribution is 2.32. The number of hydrogen-bond acceptors (Lipinski definition) is 4. The van der Waals surface area contributed by atoms with Crippen molar-refractivity contribution in [2.45, 2.75) is 18.9 Å². The molecule has 2 amide bonds. The molecule has 9 heteroatoms. The third-order valence-corrected chi connectivity index (χ3v) is 4.67. The number of primary amides is 1. The number of Topliss-reactive ketones (excluding diaryl/α,β-unsaturated/α-hetero) is 1. The molecule has 3 N–H and O–H groups in total. The molecule has 0 bridgehead atoms. The van der Waals surface area contributed by atoms with Crippen LogP contribution in [0, 0.1) is 0 Å². The van der Waals surface area contributed by atoms with Crippen LogP contribution in [0.25, 0.3) is 11.3 Å². The molecule has 1 heterocycles. The predicted octanol–water partition coefficient (Wildman–Crippen LogP) is 2.42. The first-order valence-corrected chi connectivity index (χ1v) is 9.37. The van der Waals surface area contributed by atoms with Crippen molar-refractivity contribution < 1.29 is 23.2 Å². The number of hydrogen-bond donors (Lipinski definition) is 2. The summed E-state index contributed by atoms with van der Waals surface area (Å²) in [6.45, 7) is 0. The molecule has 0 spiro atoms. The van der Waals surface area contributed by atoms with Gasteiger partial charge in [0.05, 0.1) is 5.56 Å². The third kappa shape index (κ3) is 5.00. The maximum Gasteiger partial charge on any atom is 0.287 e. The number of nitrogens with one attached hydrogen (secondary N) is 1. The van der Waals surface area contributed by atoms with Gasteiger partial charge in [0.2, 0.25) is 5.78 Å². The molecule has 3 rings (SSSR count). The SMILES string of the molecule is Cn1cc(C(=O)NC(Cc2ccccc2)C(=O)C(N)=O)c(-c2ccccc2C(F)F)n1. The zero-order valence-corrected chi connectivity index (χ0v) is 16.6. The number of alkyl halides is 2. The van der Waals surface area contributed by atoms with E-state index in [1.54, 1.807) is 43.4 Å². The highest BCUT2D eigenvalue weighted by molar-refractivity contribution is 6.38. The average molecular weight is 426 g/mol. The molecule has 1 atom stereocenters. The number of carbonyl (C=O) groups excluding carboxylic acids is 3. The summed E-state index contributed by atoms with van der Waals surface area (Å²) in [5, 5.41) is 6.67. The molecule has 0 radical (unpaired) electrons. The van der Waals surface area contributed by atoms with Gasteiger partial charge in [-0.2, -0.15) is 5.10 Å². The van der Waals surface area contributed by atoms with Gasteiger partial charge in [-0.25, -0.2) is 8.78 Å². The second-order valence-electron chi connectivity index (χ2n) is 6.90. The molecule has 0 aliphatic carbocycles. The first kappa shape index (κ1) is 21.8. The molecule has 2 aromatic carbocycles. The van der Waals surface area contributed by atoms with Gasteiger partial charge >= 0.3 is 0 Å². The Kier molecular flexibility index (Phi) is 6.54. The molecule has 0 fully saturated rings. The van der Waals surface area contributed by atoms with Crippen molar-refractivity contribution in [1.29, 1.82) is 0 Å². The van der Waals surface area contributed by atoms with Crippen molar-refractivity contribution >= 4 is 17.6 Å². The lowest BCUT2D eigenvalue weighted by molar-refractivity contribution is -0.137. The fourth-order valence-corrected chi connectivity index (χ4v) is 3.22. The highest BCUT2D eigenvalue weighted by atomic mass is 19.3. The van der Waals surface area contributed by atoms with Crippen molar-refractivity contribution in [1.82, 2.24) is 15.1 Å². The van der Waals surface area contributed by atoms with Gasteiger partial charge < -0.3 is 11.1 Å². The normalized spacial score (nSPS) is 11.9. The third-order valence-electron chi connectivity index (χ3n) is 4.67. The van der Waals surface area contributed by atoms with Crippen molar-refractivity contribution in [3.05, 3.63) is 77.5 Å². The fraction of sp³-hybridized carbons (Fsp3) is 0.182. The van der Waals surface area contributed by atoms with Crippen molar-refractivity contribution in [2.75, 3.05) is 0 Å². The van der Waals surface area contributed by atoms with Crippen LogP contribution in [0.1, 0.15) is 27.9 Å². The summed E-state index contributed by atoms with van der Waals surface area (Å²) in [5.41, 5.74) is 5.71. The Morgan fingerprint density at radius 3 is 2.35 bits per heavy atom. The highest BCUT2D eigenvalue weighted by Gasteiger charge is 2.28. The number of benzene rings is 2. The number of halogens is 2. The summed E-state index contributed by atoms with van der Waals surface area (Å²) < 4.78 is 28.3. The summed E-state index contributed by atoms with van der Waals surface area (Å²) in [6.07, 6.45) is -1.37. The molecule has 0 aliphatic heterocycles. The number of ketones is 1. The van der Waals surface area contributed by atoms with Crippen LogP contribution in [-0.2, 0) is 23.1 Å². The maximum absolute atomic E-state index is 13.5. The van der Waals surface area contributed by atoms with E-state index in [4.69, 9.17) is 5.73 Å². The minimum atomic E-state index is -2.77. The number of nitrogens with two attached hydrogens (primary N) is 1. The molecule has 31 heavy (non-hydrogen) atoms. The molecule has 0 saturated heterocycles. The van der Waals surface area contributed by atoms with Crippen molar-refractivity contribution in [3.8, 4) is 11.3 Å². The van der Waals surface area contributed by atoms with E-state index in [9.17, 15) is 23.2 Å². The minimum Gasteiger partial charge on any atom is -0.363 e. The lowest BCUT2D eigenvalue weighted by Crippen LogP contribution is -2.47. The largest absolute Gasteiger partial charge is 0.363 e. The van der Waals surface area contributed by atoms with Crippen LogP contribution in [-0.4, -0.2) is 33.4 Å². The zero-order chi connectivity index (χ0) is 22.5. The van der Waals surface area contributed by atoms with Gasteiger partial charge in [0, 0.05) is 30.8 Å². The summed E-state index contributed by atoms with van der Waals surface area (Å²) >= 11 is 0. The molecule has 1 unspecified atom stereocenters. The van der Waals surface area contributed by atoms with E-state index in [1.807, 2.05) is 0 Å². The van der Waals surface area contributed by atoms with Gasteiger partial charge in [0.15, 0.2) is 0 Å². The van der Waals surface area contributed by atoms with Crippen LogP contribution in [0.15, 0.2) is 60.8 Å². The Hall–Kier alpha value is -3.88. The Morgan fingerprint density at radius 1 is 1.06 bits per heavy atom. The number of carbonyl (C=O) groups is 3. The van der Waals surface area contributed by atoms with Crippen LogP contribution in [0.3, 0.4) is 0 Å². The van der Waals surface area contributed by atoms with Crippen LogP contribution in [0.5, 0.6) is 0 Å². The summed E-state index contributed by atoms with van der Waals surface area (Å²) in [7, 11) is 1.54. The minimum absolute atomic E-state index is 0.00840. The smallest absolute Gasteiger partial charge is 0.287 e. The topological polar surface area (TPSA) is 107 Å². The lowest BCUT2D eigenvalue weighted by atomic mass is 9.99. The molecule has 0 saturated carbocycles. The molecule has 3 aromatic rings. The van der Waals surface area contributed by atoms with Crippen LogP contribution in [0.4, 0.5) is 8.78 Å². The number of aromatic nitrogens is 2. The van der Waals surface area contributed by atoms with Crippen molar-refractivity contribution in [2.24, 2.45) is 12.8 Å². The summed E-state index contributed by atoms with van der Waals surface area (Å²) in [4.78, 5) is 36.8. The Balaban J connectivity index is 1.95. The molecule has 1 aromatic heterocycles. The Labute approximate surface area is 176 Å². The van der Waals surface area contributed by atoms with E-state index in [0.717, 1.165) is 0 Å². The predicted molar refractivity (Wildman–Crippen MR) is 109 cm³/mol. The molecular weight excluding hydrogens is 406 g/mol. The van der Waals surface area contributed by atoms with E-state index in [2.05, 4.69) is 10.4 Å². The number of rotatable bonds is 8. The van der Waals surface area contributed by atoms with Crippen molar-refractivity contribution in [3.63, 3.8) is 0 Å². The van der Waals surface area contributed by atoms with E-state index in [-0.39, 0.29) is 28.8 Å². The number of nitrogens with zero attached hydrogens (tertiary/aromatic N) is 2. The Morgan fingerprint density at radius 2 is 1.71 bits per heavy atom. The molecular formula is C22H20F2N4O3. The quantitative estimate of drug-likeness (QED) is 0.540. The monoisotopic (exact) mass is 426 g/mol. The first-order chi connectivity index (χ1) is 14.8.